The van der Waals surface area contributed by atoms with Gasteiger partial charge in [-0.15, -0.1) is 0 Å². The summed E-state index contributed by atoms with van der Waals surface area (Å²) in [7, 11) is 0. The first-order valence-corrected chi connectivity index (χ1v) is 8.26. The maximum Gasteiger partial charge on any atom is 0.220 e. The van der Waals surface area contributed by atoms with E-state index in [1.165, 1.54) is 57.8 Å². The number of hydrogen-bond acceptors (Lipinski definition) is 2. The van der Waals surface area contributed by atoms with Crippen LogP contribution < -0.4 is 11.1 Å². The van der Waals surface area contributed by atoms with Gasteiger partial charge in [0.15, 0.2) is 0 Å². The molecule has 2 fully saturated rings. The Morgan fingerprint density at radius 3 is 2.32 bits per heavy atom. The molecule has 0 radical (unpaired) electrons. The summed E-state index contributed by atoms with van der Waals surface area (Å²) in [5, 5.41) is 3.16. The maximum absolute atomic E-state index is 12.0. The first-order chi connectivity index (χ1) is 9.29. The minimum atomic E-state index is 0.273. The largest absolute Gasteiger partial charge is 0.356 e. The molecule has 3 heteroatoms. The highest BCUT2D eigenvalue weighted by Gasteiger charge is 2.26. The number of hydrogen-bond donors (Lipinski definition) is 2. The average molecular weight is 266 g/mol. The van der Waals surface area contributed by atoms with Crippen LogP contribution in [0.3, 0.4) is 0 Å². The number of carbonyl (C=O) groups excluding carboxylic acids is 1. The number of carbonyl (C=O) groups is 1. The van der Waals surface area contributed by atoms with Gasteiger partial charge in [-0.05, 0) is 50.0 Å². The van der Waals surface area contributed by atoms with Crippen LogP contribution in [-0.4, -0.2) is 19.0 Å². The van der Waals surface area contributed by atoms with E-state index in [2.05, 4.69) is 5.32 Å². The second-order valence-electron chi connectivity index (χ2n) is 6.55. The Labute approximate surface area is 117 Å². The molecule has 110 valence electrons. The molecule has 2 saturated carbocycles. The molecule has 2 unspecified atom stereocenters. The van der Waals surface area contributed by atoms with Crippen LogP contribution in [0.4, 0.5) is 0 Å². The van der Waals surface area contributed by atoms with Crippen molar-refractivity contribution in [2.45, 2.75) is 64.2 Å². The average Bonchev–Trinajstić information content (AvgIpc) is 2.72. The summed E-state index contributed by atoms with van der Waals surface area (Å²) in [6.45, 7) is 1.64. The van der Waals surface area contributed by atoms with Crippen molar-refractivity contribution in [3.63, 3.8) is 0 Å². The van der Waals surface area contributed by atoms with Crippen LogP contribution in [0.1, 0.15) is 64.2 Å². The van der Waals surface area contributed by atoms with E-state index in [0.29, 0.717) is 17.8 Å². The first-order valence-electron chi connectivity index (χ1n) is 8.26. The molecule has 0 spiro atoms. The van der Waals surface area contributed by atoms with Gasteiger partial charge in [-0.2, -0.15) is 0 Å². The Balaban J connectivity index is 1.66. The van der Waals surface area contributed by atoms with Crippen molar-refractivity contribution in [3.05, 3.63) is 0 Å². The minimum absolute atomic E-state index is 0.273. The zero-order chi connectivity index (χ0) is 13.5. The zero-order valence-electron chi connectivity index (χ0n) is 12.2. The first kappa shape index (κ1) is 14.8. The topological polar surface area (TPSA) is 55.1 Å². The molecule has 19 heavy (non-hydrogen) atoms. The lowest BCUT2D eigenvalue weighted by atomic mass is 9.94. The number of rotatable bonds is 5. The lowest BCUT2D eigenvalue weighted by molar-refractivity contribution is -0.122. The van der Waals surface area contributed by atoms with E-state index in [9.17, 15) is 4.79 Å². The van der Waals surface area contributed by atoms with E-state index >= 15 is 0 Å². The molecular weight excluding hydrogens is 236 g/mol. The second-order valence-corrected chi connectivity index (χ2v) is 6.55. The van der Waals surface area contributed by atoms with Gasteiger partial charge in [0.1, 0.15) is 0 Å². The van der Waals surface area contributed by atoms with Gasteiger partial charge in [-0.1, -0.05) is 32.1 Å². The molecule has 2 atom stereocenters. The van der Waals surface area contributed by atoms with Gasteiger partial charge in [-0.3, -0.25) is 4.79 Å². The molecule has 0 aromatic heterocycles. The van der Waals surface area contributed by atoms with E-state index in [1.54, 1.807) is 0 Å². The molecule has 1 amide bonds. The van der Waals surface area contributed by atoms with Gasteiger partial charge in [0.2, 0.25) is 5.91 Å². The Morgan fingerprint density at radius 1 is 0.947 bits per heavy atom. The van der Waals surface area contributed by atoms with Crippen LogP contribution >= 0.6 is 0 Å². The fraction of sp³-hybridized carbons (Fsp3) is 0.938. The fourth-order valence-corrected chi connectivity index (χ4v) is 3.84. The third kappa shape index (κ3) is 4.79. The standard InChI is InChI=1S/C16H30N2O/c17-11-14-8-5-9-15(14)12-18-16(19)10-13-6-3-1-2-4-7-13/h13-15H,1-12,17H2,(H,18,19). The van der Waals surface area contributed by atoms with Gasteiger partial charge in [0, 0.05) is 13.0 Å². The lowest BCUT2D eigenvalue weighted by Crippen LogP contribution is -2.33. The lowest BCUT2D eigenvalue weighted by Gasteiger charge is -2.19. The molecule has 0 saturated heterocycles. The normalized spacial score (nSPS) is 29.1. The van der Waals surface area contributed by atoms with Crippen LogP contribution in [0.15, 0.2) is 0 Å². The summed E-state index contributed by atoms with van der Waals surface area (Å²) < 4.78 is 0. The van der Waals surface area contributed by atoms with Crippen molar-refractivity contribution >= 4 is 5.91 Å². The molecule has 2 rings (SSSR count). The van der Waals surface area contributed by atoms with Crippen LogP contribution in [0.2, 0.25) is 0 Å². The zero-order valence-corrected chi connectivity index (χ0v) is 12.2. The summed E-state index contributed by atoms with van der Waals surface area (Å²) in [4.78, 5) is 12.0. The van der Waals surface area contributed by atoms with Crippen molar-refractivity contribution in [3.8, 4) is 0 Å². The van der Waals surface area contributed by atoms with Crippen molar-refractivity contribution in [2.75, 3.05) is 13.1 Å². The summed E-state index contributed by atoms with van der Waals surface area (Å²) >= 11 is 0. The molecule has 0 aliphatic heterocycles. The van der Waals surface area contributed by atoms with E-state index < -0.39 is 0 Å². The van der Waals surface area contributed by atoms with Crippen molar-refractivity contribution in [1.82, 2.24) is 5.32 Å². The van der Waals surface area contributed by atoms with Crippen molar-refractivity contribution in [2.24, 2.45) is 23.5 Å². The van der Waals surface area contributed by atoms with E-state index in [0.717, 1.165) is 19.5 Å². The molecule has 2 aliphatic carbocycles. The molecule has 0 bridgehead atoms. The number of nitrogens with one attached hydrogen (secondary N) is 1. The SMILES string of the molecule is NCC1CCCC1CNC(=O)CC1CCCCCC1. The minimum Gasteiger partial charge on any atom is -0.356 e. The highest BCUT2D eigenvalue weighted by molar-refractivity contribution is 5.76. The molecule has 3 N–H and O–H groups in total. The Bertz CT molecular complexity index is 272. The van der Waals surface area contributed by atoms with Gasteiger partial charge in [0.05, 0.1) is 0 Å². The smallest absolute Gasteiger partial charge is 0.220 e. The van der Waals surface area contributed by atoms with Crippen molar-refractivity contribution in [1.29, 1.82) is 0 Å². The highest BCUT2D eigenvalue weighted by Crippen LogP contribution is 2.30. The maximum atomic E-state index is 12.0. The van der Waals surface area contributed by atoms with Crippen molar-refractivity contribution < 1.29 is 4.79 Å². The third-order valence-electron chi connectivity index (χ3n) is 5.13. The summed E-state index contributed by atoms with van der Waals surface area (Å²) in [6.07, 6.45) is 12.4. The highest BCUT2D eigenvalue weighted by atomic mass is 16.1. The quantitative estimate of drug-likeness (QED) is 0.752. The fourth-order valence-electron chi connectivity index (χ4n) is 3.84. The van der Waals surface area contributed by atoms with Crippen LogP contribution in [0, 0.1) is 17.8 Å². The monoisotopic (exact) mass is 266 g/mol. The summed E-state index contributed by atoms with van der Waals surface area (Å²) in [5.41, 5.74) is 5.78. The van der Waals surface area contributed by atoms with E-state index in [4.69, 9.17) is 5.73 Å². The Kier molecular flexibility index (Phi) is 6.15. The number of nitrogens with two attached hydrogens (primary N) is 1. The molecule has 0 aromatic carbocycles. The predicted molar refractivity (Wildman–Crippen MR) is 78.7 cm³/mol. The molecule has 0 heterocycles. The van der Waals surface area contributed by atoms with Crippen LogP contribution in [0.25, 0.3) is 0 Å². The van der Waals surface area contributed by atoms with Gasteiger partial charge < -0.3 is 11.1 Å². The Morgan fingerprint density at radius 2 is 1.63 bits per heavy atom. The molecule has 2 aliphatic rings. The van der Waals surface area contributed by atoms with Gasteiger partial charge >= 0.3 is 0 Å². The Hall–Kier alpha value is -0.570. The van der Waals surface area contributed by atoms with E-state index in [1.807, 2.05) is 0 Å². The molecule has 3 nitrogen and oxygen atoms in total. The summed E-state index contributed by atoms with van der Waals surface area (Å²) in [6, 6.07) is 0. The number of amides is 1. The van der Waals surface area contributed by atoms with Crippen LogP contribution in [0.5, 0.6) is 0 Å². The summed E-state index contributed by atoms with van der Waals surface area (Å²) in [5.74, 6) is 2.17. The van der Waals surface area contributed by atoms with Gasteiger partial charge in [-0.25, -0.2) is 0 Å². The predicted octanol–water partition coefficient (Wildman–Crippen LogP) is 2.84. The van der Waals surface area contributed by atoms with E-state index in [-0.39, 0.29) is 5.91 Å². The molecule has 0 aromatic rings. The third-order valence-corrected chi connectivity index (χ3v) is 5.13. The van der Waals surface area contributed by atoms with Crippen LogP contribution in [-0.2, 0) is 4.79 Å². The second kappa shape index (κ2) is 7.88. The van der Waals surface area contributed by atoms with Gasteiger partial charge in [0.25, 0.3) is 0 Å². The molecular formula is C16H30N2O.